The number of aliphatic hydroxyl groups is 2. The largest absolute Gasteiger partial charge is 0.522 e. The Morgan fingerprint density at radius 2 is 1.73 bits per heavy atom. The van der Waals surface area contributed by atoms with Crippen LogP contribution in [0.4, 0.5) is 13.2 Å². The van der Waals surface area contributed by atoms with Crippen molar-refractivity contribution in [2.45, 2.75) is 25.2 Å². The summed E-state index contributed by atoms with van der Waals surface area (Å²) in [4.78, 5) is 0. The summed E-state index contributed by atoms with van der Waals surface area (Å²) in [5.74, 6) is 0. The maximum Gasteiger partial charge on any atom is 0.522 e. The van der Waals surface area contributed by atoms with Gasteiger partial charge in [-0.15, -0.1) is 13.2 Å². The molecule has 0 aliphatic heterocycles. The first-order chi connectivity index (χ1) is 6.89. The molecule has 0 saturated carbocycles. The number of halogens is 3. The fraction of sp³-hybridized carbons (Fsp3) is 1.00. The first kappa shape index (κ1) is 14.6. The molecular formula is C8H16F3NO3. The third-order valence-corrected chi connectivity index (χ3v) is 2.15. The fourth-order valence-corrected chi connectivity index (χ4v) is 0.993. The van der Waals surface area contributed by atoms with E-state index in [9.17, 15) is 13.2 Å². The van der Waals surface area contributed by atoms with Crippen LogP contribution in [-0.2, 0) is 4.74 Å². The zero-order valence-electron chi connectivity index (χ0n) is 8.47. The molecule has 0 aromatic rings. The minimum absolute atomic E-state index is 0.0888. The van der Waals surface area contributed by atoms with Gasteiger partial charge in [-0.2, -0.15) is 0 Å². The van der Waals surface area contributed by atoms with Crippen molar-refractivity contribution in [3.05, 3.63) is 0 Å². The number of ether oxygens (including phenoxy) is 1. The van der Waals surface area contributed by atoms with Gasteiger partial charge < -0.3 is 15.5 Å². The normalized spacial score (nSPS) is 13.2. The third kappa shape index (κ3) is 5.93. The molecule has 3 N–H and O–H groups in total. The molecule has 0 fully saturated rings. The van der Waals surface area contributed by atoms with Gasteiger partial charge in [-0.3, -0.25) is 4.74 Å². The lowest BCUT2D eigenvalue weighted by molar-refractivity contribution is -0.323. The lowest BCUT2D eigenvalue weighted by Crippen LogP contribution is -2.52. The van der Waals surface area contributed by atoms with E-state index in [1.165, 1.54) is 0 Å². The summed E-state index contributed by atoms with van der Waals surface area (Å²) in [7, 11) is 0. The molecule has 0 rings (SSSR count). The summed E-state index contributed by atoms with van der Waals surface area (Å²) in [5.41, 5.74) is -0.936. The molecule has 0 radical (unpaired) electrons. The van der Waals surface area contributed by atoms with Crippen molar-refractivity contribution in [3.63, 3.8) is 0 Å². The molecule has 0 heterocycles. The molecule has 4 nitrogen and oxygen atoms in total. The number of alkyl halides is 3. The lowest BCUT2D eigenvalue weighted by Gasteiger charge is -2.29. The zero-order valence-corrected chi connectivity index (χ0v) is 8.47. The molecule has 0 bridgehead atoms. The van der Waals surface area contributed by atoms with Crippen molar-refractivity contribution in [2.75, 3.05) is 26.4 Å². The molecule has 0 aromatic heterocycles. The molecule has 7 heteroatoms. The highest BCUT2D eigenvalue weighted by atomic mass is 19.4. The van der Waals surface area contributed by atoms with Gasteiger partial charge in [-0.1, -0.05) is 6.92 Å². The third-order valence-electron chi connectivity index (χ3n) is 2.15. The molecule has 0 atom stereocenters. The van der Waals surface area contributed by atoms with Gasteiger partial charge in [0.15, 0.2) is 0 Å². The molecule has 0 amide bonds. The summed E-state index contributed by atoms with van der Waals surface area (Å²) in [5, 5.41) is 20.5. The quantitative estimate of drug-likeness (QED) is 0.549. The Balaban J connectivity index is 3.82. The number of hydrogen-bond donors (Lipinski definition) is 3. The van der Waals surface area contributed by atoms with Crippen LogP contribution >= 0.6 is 0 Å². The minimum Gasteiger partial charge on any atom is -0.394 e. The van der Waals surface area contributed by atoms with Gasteiger partial charge in [-0.25, -0.2) is 0 Å². The Kier molecular flexibility index (Phi) is 6.11. The summed E-state index contributed by atoms with van der Waals surface area (Å²) in [6.07, 6.45) is -4.24. The second-order valence-corrected chi connectivity index (χ2v) is 3.17. The van der Waals surface area contributed by atoms with Crippen LogP contribution in [0.5, 0.6) is 0 Å². The summed E-state index contributed by atoms with van der Waals surface area (Å²) >= 11 is 0. The van der Waals surface area contributed by atoms with Crippen molar-refractivity contribution in [3.8, 4) is 0 Å². The number of hydrogen-bond acceptors (Lipinski definition) is 4. The summed E-state index contributed by atoms with van der Waals surface area (Å²) in [6, 6.07) is 0. The van der Waals surface area contributed by atoms with Gasteiger partial charge in [-0.05, 0) is 6.42 Å². The Hall–Kier alpha value is -0.370. The topological polar surface area (TPSA) is 61.7 Å². The standard InChI is InChI=1S/C8H16F3NO3/c1-2-7(5-13,6-14)12-3-4-15-8(9,10)11/h12-14H,2-6H2,1H3. The molecule has 15 heavy (non-hydrogen) atoms. The molecule has 0 aliphatic carbocycles. The van der Waals surface area contributed by atoms with Crippen molar-refractivity contribution in [1.82, 2.24) is 5.32 Å². The minimum atomic E-state index is -4.64. The SMILES string of the molecule is CCC(CO)(CO)NCCOC(F)(F)F. The molecule has 0 aromatic carbocycles. The Morgan fingerprint density at radius 1 is 1.20 bits per heavy atom. The zero-order chi connectivity index (χ0) is 11.9. The van der Waals surface area contributed by atoms with Gasteiger partial charge >= 0.3 is 6.36 Å². The Morgan fingerprint density at radius 3 is 2.07 bits per heavy atom. The fourth-order valence-electron chi connectivity index (χ4n) is 0.993. The van der Waals surface area contributed by atoms with Gasteiger partial charge in [0.2, 0.25) is 0 Å². The Bertz CT molecular complexity index is 163. The molecule has 0 spiro atoms. The van der Waals surface area contributed by atoms with Crippen LogP contribution in [-0.4, -0.2) is 48.5 Å². The van der Waals surface area contributed by atoms with E-state index in [4.69, 9.17) is 10.2 Å². The highest BCUT2D eigenvalue weighted by molar-refractivity contribution is 4.85. The average molecular weight is 231 g/mol. The number of nitrogens with one attached hydrogen (secondary N) is 1. The van der Waals surface area contributed by atoms with Crippen LogP contribution in [0.25, 0.3) is 0 Å². The van der Waals surface area contributed by atoms with Crippen LogP contribution < -0.4 is 5.32 Å². The molecule has 92 valence electrons. The monoisotopic (exact) mass is 231 g/mol. The van der Waals surface area contributed by atoms with Gasteiger partial charge in [0.1, 0.15) is 0 Å². The summed E-state index contributed by atoms with van der Waals surface area (Å²) in [6.45, 7) is 0.391. The second kappa shape index (κ2) is 6.26. The van der Waals surface area contributed by atoms with E-state index in [2.05, 4.69) is 10.1 Å². The van der Waals surface area contributed by atoms with Crippen molar-refractivity contribution in [2.24, 2.45) is 0 Å². The molecule has 0 aliphatic rings. The van der Waals surface area contributed by atoms with Crippen LogP contribution in [0.2, 0.25) is 0 Å². The van der Waals surface area contributed by atoms with Crippen LogP contribution in [0.15, 0.2) is 0 Å². The predicted molar refractivity (Wildman–Crippen MR) is 47.2 cm³/mol. The van der Waals surface area contributed by atoms with Gasteiger partial charge in [0, 0.05) is 6.54 Å². The van der Waals surface area contributed by atoms with E-state index in [0.29, 0.717) is 6.42 Å². The van der Waals surface area contributed by atoms with E-state index < -0.39 is 18.5 Å². The average Bonchev–Trinajstić information content (AvgIpc) is 2.18. The summed E-state index contributed by atoms with van der Waals surface area (Å²) < 4.78 is 38.2. The van der Waals surface area contributed by atoms with E-state index in [1.54, 1.807) is 6.92 Å². The van der Waals surface area contributed by atoms with Crippen LogP contribution in [0.3, 0.4) is 0 Å². The van der Waals surface area contributed by atoms with Gasteiger partial charge in [0.05, 0.1) is 25.4 Å². The van der Waals surface area contributed by atoms with Gasteiger partial charge in [0.25, 0.3) is 0 Å². The van der Waals surface area contributed by atoms with E-state index in [-0.39, 0.29) is 19.8 Å². The van der Waals surface area contributed by atoms with Crippen molar-refractivity contribution >= 4 is 0 Å². The lowest BCUT2D eigenvalue weighted by atomic mass is 9.99. The first-order valence-electron chi connectivity index (χ1n) is 4.56. The van der Waals surface area contributed by atoms with Crippen molar-refractivity contribution < 1.29 is 28.1 Å². The Labute approximate surface area is 86.0 Å². The number of aliphatic hydroxyl groups excluding tert-OH is 2. The molecular weight excluding hydrogens is 215 g/mol. The predicted octanol–water partition coefficient (Wildman–Crippen LogP) is 0.246. The maximum absolute atomic E-state index is 11.6. The van der Waals surface area contributed by atoms with E-state index in [1.807, 2.05) is 0 Å². The highest BCUT2D eigenvalue weighted by Crippen LogP contribution is 2.15. The molecule has 0 unspecified atom stereocenters. The second-order valence-electron chi connectivity index (χ2n) is 3.17. The number of rotatable bonds is 7. The van der Waals surface area contributed by atoms with E-state index in [0.717, 1.165) is 0 Å². The van der Waals surface area contributed by atoms with Crippen molar-refractivity contribution in [1.29, 1.82) is 0 Å². The van der Waals surface area contributed by atoms with Crippen LogP contribution in [0.1, 0.15) is 13.3 Å². The molecule has 0 saturated heterocycles. The smallest absolute Gasteiger partial charge is 0.394 e. The highest BCUT2D eigenvalue weighted by Gasteiger charge is 2.30. The van der Waals surface area contributed by atoms with Crippen LogP contribution in [0, 0.1) is 0 Å². The first-order valence-corrected chi connectivity index (χ1v) is 4.56. The van der Waals surface area contributed by atoms with E-state index >= 15 is 0 Å². The maximum atomic E-state index is 11.6.